The van der Waals surface area contributed by atoms with Crippen molar-refractivity contribution in [3.05, 3.63) is 21.4 Å². The fraction of sp³-hybridized carbons (Fsp3) is 0.714. The minimum atomic E-state index is 0.310. The molecular formula is C14H22N2OS. The van der Waals surface area contributed by atoms with Crippen molar-refractivity contribution < 1.29 is 4.74 Å². The number of rotatable bonds is 5. The molecule has 0 bridgehead atoms. The molecule has 0 aromatic carbocycles. The van der Waals surface area contributed by atoms with Crippen LogP contribution in [0.25, 0.3) is 0 Å². The molecule has 0 radical (unpaired) electrons. The normalized spacial score (nSPS) is 24.4. The van der Waals surface area contributed by atoms with Gasteiger partial charge in [0.15, 0.2) is 0 Å². The van der Waals surface area contributed by atoms with Gasteiger partial charge in [0.25, 0.3) is 0 Å². The minimum Gasteiger partial charge on any atom is -0.378 e. The lowest BCUT2D eigenvalue weighted by Gasteiger charge is -2.16. The fourth-order valence-electron chi connectivity index (χ4n) is 3.06. The Morgan fingerprint density at radius 2 is 2.39 bits per heavy atom. The van der Waals surface area contributed by atoms with Crippen molar-refractivity contribution in [2.24, 2.45) is 5.84 Å². The molecule has 0 saturated carbocycles. The zero-order chi connectivity index (χ0) is 12.4. The number of nitrogens with one attached hydrogen (secondary N) is 1. The molecule has 2 atom stereocenters. The summed E-state index contributed by atoms with van der Waals surface area (Å²) in [5.74, 6) is 5.72. The first-order valence-corrected chi connectivity index (χ1v) is 7.87. The van der Waals surface area contributed by atoms with Crippen LogP contribution in [0.2, 0.25) is 0 Å². The van der Waals surface area contributed by atoms with Gasteiger partial charge in [-0.2, -0.15) is 0 Å². The third-order valence-electron chi connectivity index (χ3n) is 4.11. The van der Waals surface area contributed by atoms with Crippen molar-refractivity contribution in [3.63, 3.8) is 0 Å². The predicted molar refractivity (Wildman–Crippen MR) is 74.6 cm³/mol. The van der Waals surface area contributed by atoms with Crippen LogP contribution < -0.4 is 11.3 Å². The Hall–Kier alpha value is -0.420. The van der Waals surface area contributed by atoms with Gasteiger partial charge in [0, 0.05) is 16.4 Å². The Morgan fingerprint density at radius 3 is 3.11 bits per heavy atom. The third-order valence-corrected chi connectivity index (χ3v) is 5.46. The zero-order valence-corrected chi connectivity index (χ0v) is 11.6. The van der Waals surface area contributed by atoms with Gasteiger partial charge in [0.05, 0.1) is 12.1 Å². The number of nitrogens with two attached hydrogens (primary N) is 1. The number of aryl methyl sites for hydroxylation is 2. The Morgan fingerprint density at radius 1 is 1.44 bits per heavy atom. The number of hydrazine groups is 1. The van der Waals surface area contributed by atoms with E-state index in [0.717, 1.165) is 19.4 Å². The van der Waals surface area contributed by atoms with E-state index in [1.54, 1.807) is 10.4 Å². The maximum atomic E-state index is 5.72. The molecule has 1 aliphatic carbocycles. The number of thiophene rings is 1. The van der Waals surface area contributed by atoms with Crippen LogP contribution in [0.15, 0.2) is 6.07 Å². The second-order valence-corrected chi connectivity index (χ2v) is 6.55. The van der Waals surface area contributed by atoms with E-state index in [4.69, 9.17) is 10.6 Å². The highest BCUT2D eigenvalue weighted by molar-refractivity contribution is 7.12. The molecule has 1 aromatic rings. The molecule has 2 aliphatic rings. The fourth-order valence-corrected chi connectivity index (χ4v) is 4.41. The van der Waals surface area contributed by atoms with Gasteiger partial charge in [0.2, 0.25) is 0 Å². The van der Waals surface area contributed by atoms with Gasteiger partial charge in [-0.25, -0.2) is 0 Å². The summed E-state index contributed by atoms with van der Waals surface area (Å²) in [6, 6.07) is 2.68. The molecule has 1 saturated heterocycles. The molecule has 1 aromatic heterocycles. The van der Waals surface area contributed by atoms with E-state index < -0.39 is 0 Å². The number of hydrogen-bond donors (Lipinski definition) is 2. The van der Waals surface area contributed by atoms with E-state index in [1.807, 2.05) is 11.3 Å². The van der Waals surface area contributed by atoms with Crippen molar-refractivity contribution in [1.29, 1.82) is 0 Å². The van der Waals surface area contributed by atoms with Crippen LogP contribution in [-0.2, 0) is 17.6 Å². The van der Waals surface area contributed by atoms with Crippen LogP contribution in [-0.4, -0.2) is 12.7 Å². The largest absolute Gasteiger partial charge is 0.378 e. The standard InChI is InChI=1S/C14H22N2OS/c15-16-12(7-6-11-4-2-8-17-11)14-9-10-3-1-5-13(10)18-14/h9,11-12,16H,1-8,15H2. The summed E-state index contributed by atoms with van der Waals surface area (Å²) >= 11 is 1.95. The van der Waals surface area contributed by atoms with Gasteiger partial charge in [-0.1, -0.05) is 0 Å². The van der Waals surface area contributed by atoms with Gasteiger partial charge < -0.3 is 4.74 Å². The lowest BCUT2D eigenvalue weighted by Crippen LogP contribution is -2.28. The van der Waals surface area contributed by atoms with Gasteiger partial charge in [-0.15, -0.1) is 11.3 Å². The second-order valence-electron chi connectivity index (χ2n) is 5.38. The molecule has 4 heteroatoms. The van der Waals surface area contributed by atoms with Crippen LogP contribution >= 0.6 is 11.3 Å². The van der Waals surface area contributed by atoms with Crippen molar-refractivity contribution in [3.8, 4) is 0 Å². The van der Waals surface area contributed by atoms with Gasteiger partial charge in [0.1, 0.15) is 0 Å². The second kappa shape index (κ2) is 5.70. The molecule has 2 heterocycles. The number of ether oxygens (including phenoxy) is 1. The van der Waals surface area contributed by atoms with E-state index in [9.17, 15) is 0 Å². The summed E-state index contributed by atoms with van der Waals surface area (Å²) in [6.45, 7) is 0.943. The molecule has 3 rings (SSSR count). The lowest BCUT2D eigenvalue weighted by atomic mass is 10.0. The van der Waals surface area contributed by atoms with E-state index in [2.05, 4.69) is 11.5 Å². The van der Waals surface area contributed by atoms with E-state index >= 15 is 0 Å². The summed E-state index contributed by atoms with van der Waals surface area (Å²) in [5.41, 5.74) is 4.55. The molecule has 3 nitrogen and oxygen atoms in total. The maximum absolute atomic E-state index is 5.72. The summed E-state index contributed by atoms with van der Waals surface area (Å²) in [5, 5.41) is 0. The molecule has 3 N–H and O–H groups in total. The molecule has 2 unspecified atom stereocenters. The Labute approximate surface area is 113 Å². The van der Waals surface area contributed by atoms with Gasteiger partial charge in [-0.05, 0) is 56.6 Å². The van der Waals surface area contributed by atoms with Crippen LogP contribution in [0.3, 0.4) is 0 Å². The number of hydrogen-bond acceptors (Lipinski definition) is 4. The van der Waals surface area contributed by atoms with Crippen molar-refractivity contribution in [1.82, 2.24) is 5.43 Å². The average Bonchev–Trinajstić information content (AvgIpc) is 3.04. The molecule has 1 aliphatic heterocycles. The van der Waals surface area contributed by atoms with Gasteiger partial charge in [-0.3, -0.25) is 11.3 Å². The Bertz CT molecular complexity index is 377. The van der Waals surface area contributed by atoms with E-state index in [0.29, 0.717) is 12.1 Å². The van der Waals surface area contributed by atoms with Crippen LogP contribution in [0.1, 0.15) is 53.5 Å². The van der Waals surface area contributed by atoms with Crippen LogP contribution in [0.4, 0.5) is 0 Å². The first-order chi connectivity index (χ1) is 8.86. The van der Waals surface area contributed by atoms with E-state index in [-0.39, 0.29) is 0 Å². The smallest absolute Gasteiger partial charge is 0.0576 e. The van der Waals surface area contributed by atoms with Crippen molar-refractivity contribution in [2.45, 2.75) is 57.1 Å². The lowest BCUT2D eigenvalue weighted by molar-refractivity contribution is 0.0997. The molecule has 0 spiro atoms. The molecule has 0 amide bonds. The first kappa shape index (κ1) is 12.6. The van der Waals surface area contributed by atoms with Crippen LogP contribution in [0.5, 0.6) is 0 Å². The Balaban J connectivity index is 1.60. The average molecular weight is 266 g/mol. The molecular weight excluding hydrogens is 244 g/mol. The van der Waals surface area contributed by atoms with Gasteiger partial charge >= 0.3 is 0 Å². The van der Waals surface area contributed by atoms with Crippen LogP contribution in [0, 0.1) is 0 Å². The minimum absolute atomic E-state index is 0.310. The topological polar surface area (TPSA) is 47.3 Å². The molecule has 100 valence electrons. The Kier molecular flexibility index (Phi) is 3.99. The molecule has 18 heavy (non-hydrogen) atoms. The summed E-state index contributed by atoms with van der Waals surface area (Å²) < 4.78 is 5.68. The zero-order valence-electron chi connectivity index (χ0n) is 10.8. The quantitative estimate of drug-likeness (QED) is 0.636. The highest BCUT2D eigenvalue weighted by Crippen LogP contribution is 2.35. The highest BCUT2D eigenvalue weighted by Gasteiger charge is 2.22. The SMILES string of the molecule is NNC(CCC1CCCO1)c1cc2c(s1)CCC2. The number of fused-ring (bicyclic) bond motifs is 1. The van der Waals surface area contributed by atoms with Crippen molar-refractivity contribution in [2.75, 3.05) is 6.61 Å². The summed E-state index contributed by atoms with van der Waals surface area (Å²) in [4.78, 5) is 3.00. The highest BCUT2D eigenvalue weighted by atomic mass is 32.1. The summed E-state index contributed by atoms with van der Waals surface area (Å²) in [6.07, 6.45) is 8.97. The predicted octanol–water partition coefficient (Wildman–Crippen LogP) is 2.70. The maximum Gasteiger partial charge on any atom is 0.0576 e. The third kappa shape index (κ3) is 2.62. The van der Waals surface area contributed by atoms with E-state index in [1.165, 1.54) is 37.0 Å². The molecule has 1 fully saturated rings. The van der Waals surface area contributed by atoms with Crippen molar-refractivity contribution >= 4 is 11.3 Å². The monoisotopic (exact) mass is 266 g/mol. The first-order valence-electron chi connectivity index (χ1n) is 7.06. The summed E-state index contributed by atoms with van der Waals surface area (Å²) in [7, 11) is 0.